The monoisotopic (exact) mass is 248 g/mol. The van der Waals surface area contributed by atoms with E-state index in [9.17, 15) is 9.32 Å². The van der Waals surface area contributed by atoms with Crippen LogP contribution >= 0.6 is 0 Å². The maximum absolute atomic E-state index is 10.6. The van der Waals surface area contributed by atoms with Crippen LogP contribution < -0.4 is 0 Å². The van der Waals surface area contributed by atoms with Crippen LogP contribution in [0.2, 0.25) is 0 Å². The third-order valence-corrected chi connectivity index (χ3v) is 3.02. The molecule has 0 saturated heterocycles. The van der Waals surface area contributed by atoms with Crippen molar-refractivity contribution in [1.82, 2.24) is 0 Å². The van der Waals surface area contributed by atoms with Crippen molar-refractivity contribution >= 4 is 11.1 Å². The lowest BCUT2D eigenvalue weighted by atomic mass is 10.0. The second-order valence-corrected chi connectivity index (χ2v) is 4.64. The van der Waals surface area contributed by atoms with Crippen LogP contribution in [0.25, 0.3) is 11.1 Å². The van der Waals surface area contributed by atoms with Crippen LogP contribution in [0.1, 0.15) is 5.56 Å². The molecule has 1 atom stereocenters. The summed E-state index contributed by atoms with van der Waals surface area (Å²) in [7, 11) is 0. The Morgan fingerprint density at radius 2 is 1.35 bits per heavy atom. The average molecular weight is 248 g/mol. The molecule has 0 amide bonds. The van der Waals surface area contributed by atoms with E-state index in [0.29, 0.717) is 0 Å². The molecule has 0 aliphatic rings. The van der Waals surface area contributed by atoms with Gasteiger partial charge in [0.15, 0.2) is 11.1 Å². The van der Waals surface area contributed by atoms with E-state index >= 15 is 0 Å². The molecule has 0 bridgehead atoms. The average Bonchev–Trinajstić information content (AvgIpc) is 2.30. The topological polar surface area (TPSA) is 57.5 Å². The minimum atomic E-state index is -1.80. The van der Waals surface area contributed by atoms with Gasteiger partial charge in [0.25, 0.3) is 0 Å². The molecule has 0 aliphatic heterocycles. The highest BCUT2D eigenvalue weighted by Crippen LogP contribution is 2.22. The van der Waals surface area contributed by atoms with E-state index in [2.05, 4.69) is 0 Å². The summed E-state index contributed by atoms with van der Waals surface area (Å²) in [6.07, 6.45) is 0. The van der Waals surface area contributed by atoms with Gasteiger partial charge in [0, 0.05) is 0 Å². The second kappa shape index (κ2) is 5.12. The van der Waals surface area contributed by atoms with Crippen LogP contribution in [-0.4, -0.2) is 13.9 Å². The smallest absolute Gasteiger partial charge is 0.157 e. The van der Waals surface area contributed by atoms with Gasteiger partial charge in [0.05, 0.1) is 5.75 Å². The maximum atomic E-state index is 10.6. The van der Waals surface area contributed by atoms with Crippen molar-refractivity contribution in [3.05, 3.63) is 54.1 Å². The number of rotatable bonds is 3. The molecule has 0 aliphatic carbocycles. The molecule has 2 rings (SSSR count). The molecule has 0 radical (unpaired) electrons. The standard InChI is InChI=1S/C13H12O3S/c14-13-7-5-12(6-8-13)11-3-1-10(2-4-11)9-17(15)16/h1-8,14H,9H2,(H,15,16). The number of phenolic OH excluding ortho intramolecular Hbond substituents is 1. The molecule has 0 heterocycles. The molecule has 0 saturated carbocycles. The zero-order valence-electron chi connectivity index (χ0n) is 9.04. The highest BCUT2D eigenvalue weighted by molar-refractivity contribution is 7.78. The zero-order valence-corrected chi connectivity index (χ0v) is 9.85. The summed E-state index contributed by atoms with van der Waals surface area (Å²) in [6, 6.07) is 14.4. The molecule has 2 aromatic rings. The summed E-state index contributed by atoms with van der Waals surface area (Å²) in [5.74, 6) is 0.386. The molecule has 0 spiro atoms. The zero-order chi connectivity index (χ0) is 12.3. The number of hydrogen-bond donors (Lipinski definition) is 2. The SMILES string of the molecule is O=S(O)Cc1ccc(-c2ccc(O)cc2)cc1. The lowest BCUT2D eigenvalue weighted by Gasteiger charge is -2.03. The van der Waals surface area contributed by atoms with Gasteiger partial charge in [0.1, 0.15) is 5.75 Å². The molecular weight excluding hydrogens is 236 g/mol. The van der Waals surface area contributed by atoms with Crippen molar-refractivity contribution in [3.63, 3.8) is 0 Å². The fourth-order valence-electron chi connectivity index (χ4n) is 1.59. The first-order chi connectivity index (χ1) is 8.15. The van der Waals surface area contributed by atoms with E-state index in [-0.39, 0.29) is 11.5 Å². The van der Waals surface area contributed by atoms with Crippen LogP contribution in [0.3, 0.4) is 0 Å². The van der Waals surface area contributed by atoms with Crippen LogP contribution in [0.4, 0.5) is 0 Å². The Kier molecular flexibility index (Phi) is 3.56. The second-order valence-electron chi connectivity index (χ2n) is 3.71. The largest absolute Gasteiger partial charge is 0.508 e. The van der Waals surface area contributed by atoms with Gasteiger partial charge in [0.2, 0.25) is 0 Å². The van der Waals surface area contributed by atoms with Gasteiger partial charge in [-0.3, -0.25) is 0 Å². The van der Waals surface area contributed by atoms with Gasteiger partial charge < -0.3 is 9.66 Å². The third kappa shape index (κ3) is 3.15. The molecule has 17 heavy (non-hydrogen) atoms. The van der Waals surface area contributed by atoms with E-state index in [1.54, 1.807) is 12.1 Å². The van der Waals surface area contributed by atoms with Crippen LogP contribution in [0.15, 0.2) is 48.5 Å². The molecule has 1 unspecified atom stereocenters. The first kappa shape index (κ1) is 11.8. The summed E-state index contributed by atoms with van der Waals surface area (Å²) in [5.41, 5.74) is 2.84. The van der Waals surface area contributed by atoms with E-state index < -0.39 is 11.1 Å². The van der Waals surface area contributed by atoms with Crippen molar-refractivity contribution in [1.29, 1.82) is 0 Å². The van der Waals surface area contributed by atoms with Gasteiger partial charge >= 0.3 is 0 Å². The van der Waals surface area contributed by atoms with E-state index in [1.165, 1.54) is 0 Å². The third-order valence-electron chi connectivity index (χ3n) is 2.44. The highest BCUT2D eigenvalue weighted by Gasteiger charge is 2.00. The summed E-state index contributed by atoms with van der Waals surface area (Å²) >= 11 is -1.80. The molecule has 2 aromatic carbocycles. The van der Waals surface area contributed by atoms with Gasteiger partial charge in [-0.15, -0.1) is 0 Å². The van der Waals surface area contributed by atoms with Crippen molar-refractivity contribution in [3.8, 4) is 16.9 Å². The molecule has 3 nitrogen and oxygen atoms in total. The fourth-order valence-corrected chi connectivity index (χ4v) is 2.07. The quantitative estimate of drug-likeness (QED) is 0.821. The number of hydrogen-bond acceptors (Lipinski definition) is 2. The lowest BCUT2D eigenvalue weighted by Crippen LogP contribution is -1.92. The van der Waals surface area contributed by atoms with E-state index in [4.69, 9.17) is 4.55 Å². The first-order valence-corrected chi connectivity index (χ1v) is 6.38. The molecule has 4 heteroatoms. The van der Waals surface area contributed by atoms with Crippen molar-refractivity contribution in [2.24, 2.45) is 0 Å². The number of benzene rings is 2. The molecular formula is C13H12O3S. The van der Waals surface area contributed by atoms with Crippen LogP contribution in [-0.2, 0) is 16.8 Å². The van der Waals surface area contributed by atoms with Gasteiger partial charge in [-0.05, 0) is 28.8 Å². The Morgan fingerprint density at radius 1 is 0.882 bits per heavy atom. The summed E-state index contributed by atoms with van der Waals surface area (Å²) < 4.78 is 19.4. The Balaban J connectivity index is 2.23. The Hall–Kier alpha value is -1.65. The molecule has 0 fully saturated rings. The van der Waals surface area contributed by atoms with Crippen molar-refractivity contribution in [2.45, 2.75) is 5.75 Å². The Morgan fingerprint density at radius 3 is 1.82 bits per heavy atom. The lowest BCUT2D eigenvalue weighted by molar-refractivity contribution is 0.475. The Labute approximate surface area is 102 Å². The summed E-state index contributed by atoms with van der Waals surface area (Å²) in [5, 5.41) is 9.19. The maximum Gasteiger partial charge on any atom is 0.157 e. The van der Waals surface area contributed by atoms with Crippen molar-refractivity contribution in [2.75, 3.05) is 0 Å². The number of phenols is 1. The van der Waals surface area contributed by atoms with E-state index in [0.717, 1.165) is 16.7 Å². The summed E-state index contributed by atoms with van der Waals surface area (Å²) in [6.45, 7) is 0. The predicted molar refractivity (Wildman–Crippen MR) is 68.0 cm³/mol. The van der Waals surface area contributed by atoms with Crippen molar-refractivity contribution < 1.29 is 13.9 Å². The van der Waals surface area contributed by atoms with Crippen LogP contribution in [0, 0.1) is 0 Å². The van der Waals surface area contributed by atoms with Gasteiger partial charge in [-0.1, -0.05) is 36.4 Å². The first-order valence-electron chi connectivity index (χ1n) is 5.11. The van der Waals surface area contributed by atoms with Gasteiger partial charge in [-0.2, -0.15) is 0 Å². The molecule has 0 aromatic heterocycles. The van der Waals surface area contributed by atoms with Crippen LogP contribution in [0.5, 0.6) is 5.75 Å². The minimum Gasteiger partial charge on any atom is -0.508 e. The fraction of sp³-hybridized carbons (Fsp3) is 0.0769. The molecule has 88 valence electrons. The molecule has 2 N–H and O–H groups in total. The van der Waals surface area contributed by atoms with Gasteiger partial charge in [-0.25, -0.2) is 4.21 Å². The van der Waals surface area contributed by atoms with E-state index in [1.807, 2.05) is 36.4 Å². The Bertz CT molecular complexity index is 517. The minimum absolute atomic E-state index is 0.149. The number of aromatic hydroxyl groups is 1. The predicted octanol–water partition coefficient (Wildman–Crippen LogP) is 2.78. The normalized spacial score (nSPS) is 12.3. The highest BCUT2D eigenvalue weighted by atomic mass is 32.2. The summed E-state index contributed by atoms with van der Waals surface area (Å²) in [4.78, 5) is 0.